The Bertz CT molecular complexity index is 1770. The first-order valence-corrected chi connectivity index (χ1v) is 13.1. The summed E-state index contributed by atoms with van der Waals surface area (Å²) in [4.78, 5) is 26.1. The summed E-state index contributed by atoms with van der Waals surface area (Å²) in [5, 5.41) is 12.4. The van der Waals surface area contributed by atoms with Gasteiger partial charge in [-0.2, -0.15) is 0 Å². The summed E-state index contributed by atoms with van der Waals surface area (Å²) in [6.45, 7) is 5.53. The number of rotatable bonds is 6. The molecule has 0 amide bonds. The number of aliphatic hydroxyl groups is 1. The first kappa shape index (κ1) is 25.8. The van der Waals surface area contributed by atoms with E-state index >= 15 is 4.39 Å². The number of aromatic nitrogens is 3. The van der Waals surface area contributed by atoms with Gasteiger partial charge in [0.15, 0.2) is 0 Å². The van der Waals surface area contributed by atoms with Crippen LogP contribution in [0, 0.1) is 12.7 Å². The van der Waals surface area contributed by atoms with Gasteiger partial charge in [0, 0.05) is 41.5 Å². The molecule has 2 aromatic heterocycles. The molecule has 0 fully saturated rings. The lowest BCUT2D eigenvalue weighted by Crippen LogP contribution is -2.28. The largest absolute Gasteiger partial charge is 0.493 e. The van der Waals surface area contributed by atoms with Gasteiger partial charge in [-0.1, -0.05) is 6.07 Å². The van der Waals surface area contributed by atoms with Crippen LogP contribution in [0.1, 0.15) is 30.5 Å². The highest BCUT2D eigenvalue weighted by Crippen LogP contribution is 2.44. The average molecular weight is 538 g/mol. The third kappa shape index (κ3) is 4.75. The molecule has 3 aromatic carbocycles. The van der Waals surface area contributed by atoms with Crippen molar-refractivity contribution in [2.75, 3.05) is 13.2 Å². The predicted octanol–water partition coefficient (Wildman–Crippen LogP) is 5.75. The van der Waals surface area contributed by atoms with Gasteiger partial charge in [-0.15, -0.1) is 0 Å². The van der Waals surface area contributed by atoms with Gasteiger partial charge >= 0.3 is 5.97 Å². The maximum absolute atomic E-state index is 15.3. The van der Waals surface area contributed by atoms with Gasteiger partial charge in [0.2, 0.25) is 0 Å². The Morgan fingerprint density at radius 2 is 1.90 bits per heavy atom. The zero-order valence-corrected chi connectivity index (χ0v) is 22.5. The van der Waals surface area contributed by atoms with Crippen LogP contribution in [0.2, 0.25) is 0 Å². The molecule has 1 aliphatic heterocycles. The molecule has 0 atom stereocenters. The van der Waals surface area contributed by atoms with E-state index in [2.05, 4.69) is 9.97 Å². The van der Waals surface area contributed by atoms with E-state index in [1.165, 1.54) is 18.5 Å². The fraction of sp³-hybridized carbons (Fsp3) is 0.250. The molecule has 0 saturated carbocycles. The van der Waals surface area contributed by atoms with Crippen molar-refractivity contribution in [1.29, 1.82) is 0 Å². The molecule has 5 aromatic rings. The van der Waals surface area contributed by atoms with Gasteiger partial charge in [0.1, 0.15) is 24.5 Å². The molecule has 3 heterocycles. The Morgan fingerprint density at radius 1 is 1.10 bits per heavy atom. The van der Waals surface area contributed by atoms with E-state index in [1.54, 1.807) is 32.4 Å². The first-order chi connectivity index (χ1) is 19.2. The van der Waals surface area contributed by atoms with E-state index in [1.807, 2.05) is 31.2 Å². The van der Waals surface area contributed by atoms with Crippen molar-refractivity contribution in [2.24, 2.45) is 0 Å². The van der Waals surface area contributed by atoms with E-state index < -0.39 is 17.4 Å². The third-order valence-corrected chi connectivity index (χ3v) is 7.17. The normalized spacial score (nSPS) is 12.9. The molecule has 0 bridgehead atoms. The lowest BCUT2D eigenvalue weighted by atomic mass is 9.85. The van der Waals surface area contributed by atoms with E-state index in [0.717, 1.165) is 45.1 Å². The molecule has 0 radical (unpaired) electrons. The van der Waals surface area contributed by atoms with Crippen LogP contribution in [-0.2, 0) is 22.4 Å². The molecule has 0 unspecified atom stereocenters. The highest BCUT2D eigenvalue weighted by molar-refractivity contribution is 6.11. The average Bonchev–Trinajstić information content (AvgIpc) is 2.93. The van der Waals surface area contributed by atoms with Gasteiger partial charge in [0.05, 0.1) is 24.1 Å². The van der Waals surface area contributed by atoms with Crippen molar-refractivity contribution in [3.63, 3.8) is 0 Å². The number of hydrogen-bond donors (Lipinski definition) is 1. The number of carbonyl (C=O) groups excluding carboxylic acids is 1. The van der Waals surface area contributed by atoms with E-state index in [0.29, 0.717) is 34.2 Å². The molecular weight excluding hydrogens is 509 g/mol. The Morgan fingerprint density at radius 3 is 2.67 bits per heavy atom. The molecule has 1 aliphatic rings. The summed E-state index contributed by atoms with van der Waals surface area (Å²) < 4.78 is 26.7. The van der Waals surface area contributed by atoms with Gasteiger partial charge in [-0.25, -0.2) is 14.4 Å². The number of esters is 1. The molecule has 0 saturated heterocycles. The molecule has 202 valence electrons. The zero-order chi connectivity index (χ0) is 28.0. The summed E-state index contributed by atoms with van der Waals surface area (Å²) in [7, 11) is 0. The fourth-order valence-corrected chi connectivity index (χ4v) is 5.41. The Balaban J connectivity index is 1.65. The summed E-state index contributed by atoms with van der Waals surface area (Å²) in [5.41, 5.74) is 5.03. The van der Waals surface area contributed by atoms with Crippen LogP contribution in [-0.4, -0.2) is 44.8 Å². The van der Waals surface area contributed by atoms with Crippen LogP contribution in [0.5, 0.6) is 5.75 Å². The maximum atomic E-state index is 15.3. The lowest BCUT2D eigenvalue weighted by molar-refractivity contribution is -0.149. The number of benzene rings is 3. The van der Waals surface area contributed by atoms with Crippen molar-refractivity contribution in [3.8, 4) is 28.0 Å². The molecule has 7 nitrogen and oxygen atoms in total. The highest BCUT2D eigenvalue weighted by Gasteiger charge is 2.25. The monoisotopic (exact) mass is 537 g/mol. The highest BCUT2D eigenvalue weighted by atomic mass is 19.1. The van der Waals surface area contributed by atoms with Crippen LogP contribution in [0.25, 0.3) is 43.9 Å². The summed E-state index contributed by atoms with van der Waals surface area (Å²) in [6, 6.07) is 10.8. The van der Waals surface area contributed by atoms with E-state index in [9.17, 15) is 9.90 Å². The van der Waals surface area contributed by atoms with Gasteiger partial charge in [-0.3, -0.25) is 9.78 Å². The number of pyridine rings is 1. The summed E-state index contributed by atoms with van der Waals surface area (Å²) in [6.07, 6.45) is 7.21. The Hall–Kier alpha value is -4.43. The second kappa shape index (κ2) is 9.95. The van der Waals surface area contributed by atoms with Gasteiger partial charge in [-0.05, 0) is 89.7 Å². The number of halogens is 1. The minimum atomic E-state index is -1.16. The predicted molar refractivity (Wildman–Crippen MR) is 151 cm³/mol. The van der Waals surface area contributed by atoms with Crippen molar-refractivity contribution in [2.45, 2.75) is 39.2 Å². The van der Waals surface area contributed by atoms with E-state index in [4.69, 9.17) is 14.5 Å². The van der Waals surface area contributed by atoms with Crippen LogP contribution >= 0.6 is 0 Å². The molecule has 6 rings (SSSR count). The van der Waals surface area contributed by atoms with Crippen molar-refractivity contribution < 1.29 is 23.8 Å². The zero-order valence-electron chi connectivity index (χ0n) is 22.5. The molecular formula is C32H28FN3O4. The number of hydrogen-bond acceptors (Lipinski definition) is 7. The minimum absolute atomic E-state index is 0.0626. The lowest BCUT2D eigenvalue weighted by Gasteiger charge is -2.23. The number of aryl methyl sites for hydroxylation is 1. The van der Waals surface area contributed by atoms with Gasteiger partial charge < -0.3 is 14.6 Å². The van der Waals surface area contributed by atoms with Crippen LogP contribution in [0.4, 0.5) is 4.39 Å². The van der Waals surface area contributed by atoms with Crippen LogP contribution in [0.3, 0.4) is 0 Å². The Labute approximate surface area is 230 Å². The second-order valence-corrected chi connectivity index (χ2v) is 10.8. The van der Waals surface area contributed by atoms with Crippen LogP contribution < -0.4 is 4.74 Å². The van der Waals surface area contributed by atoms with Crippen molar-refractivity contribution >= 4 is 27.6 Å². The topological polar surface area (TPSA) is 94.4 Å². The first-order valence-electron chi connectivity index (χ1n) is 13.1. The number of ether oxygens (including phenoxy) is 2. The van der Waals surface area contributed by atoms with Crippen molar-refractivity contribution in [1.82, 2.24) is 15.0 Å². The van der Waals surface area contributed by atoms with Gasteiger partial charge in [0.25, 0.3) is 0 Å². The van der Waals surface area contributed by atoms with Crippen LogP contribution in [0.15, 0.2) is 61.3 Å². The Kier molecular flexibility index (Phi) is 6.43. The molecule has 0 aliphatic carbocycles. The quantitative estimate of drug-likeness (QED) is 0.276. The number of fused-ring (bicyclic) bond motifs is 1. The summed E-state index contributed by atoms with van der Waals surface area (Å²) in [5.74, 6) is -0.159. The third-order valence-electron chi connectivity index (χ3n) is 7.17. The summed E-state index contributed by atoms with van der Waals surface area (Å²) >= 11 is 0. The molecule has 8 heteroatoms. The minimum Gasteiger partial charge on any atom is -0.493 e. The molecule has 40 heavy (non-hydrogen) atoms. The SMILES string of the molecule is Cc1cc2c(-c3cncnc3)cc(F)cc2c(-c2ccc3c4c(ccnc24)CCO3)c1CC(=O)OCC(C)(C)O. The standard InChI is InChI=1S/C32H28FN3O4/c1-18-10-25-24(20-14-34-17-35-15-20)11-21(33)12-26(25)30(23(18)13-28(37)40-16-32(2,3)38)22-4-5-27-29-19(7-9-39-27)6-8-36-31(22)29/h4-6,8,10-12,14-15,17,38H,7,9,13,16H2,1-3H3. The smallest absolute Gasteiger partial charge is 0.310 e. The fourth-order valence-electron chi connectivity index (χ4n) is 5.41. The second-order valence-electron chi connectivity index (χ2n) is 10.8. The van der Waals surface area contributed by atoms with Crippen molar-refractivity contribution in [3.05, 3.63) is 83.8 Å². The molecule has 0 spiro atoms. The maximum Gasteiger partial charge on any atom is 0.310 e. The van der Waals surface area contributed by atoms with E-state index in [-0.39, 0.29) is 13.0 Å². The number of nitrogens with zero attached hydrogens (tertiary/aromatic N) is 3. The number of carbonyl (C=O) groups is 1. The molecule has 1 N–H and O–H groups in total.